The molecule has 0 saturated carbocycles. The van der Waals surface area contributed by atoms with E-state index in [0.29, 0.717) is 0 Å². The lowest BCUT2D eigenvalue weighted by Gasteiger charge is -2.34. The lowest BCUT2D eigenvalue weighted by molar-refractivity contribution is 0.359. The summed E-state index contributed by atoms with van der Waals surface area (Å²) in [6.45, 7) is 9.49. The smallest absolute Gasteiger partial charge is 0.135 e. The molecule has 0 aromatic carbocycles. The van der Waals surface area contributed by atoms with E-state index in [0.717, 1.165) is 63.1 Å². The summed E-state index contributed by atoms with van der Waals surface area (Å²) in [5.74, 6) is 4.05. The van der Waals surface area contributed by atoms with Gasteiger partial charge >= 0.3 is 0 Å². The molecular formula is C20H30N6. The van der Waals surface area contributed by atoms with Gasteiger partial charge in [0.15, 0.2) is 0 Å². The summed E-state index contributed by atoms with van der Waals surface area (Å²) in [6, 6.07) is 0. The predicted molar refractivity (Wildman–Crippen MR) is 104 cm³/mol. The van der Waals surface area contributed by atoms with Crippen LogP contribution in [0.4, 0.5) is 5.82 Å². The molecule has 6 heteroatoms. The third-order valence-electron chi connectivity index (χ3n) is 5.89. The fourth-order valence-electron chi connectivity index (χ4n) is 4.30. The molecule has 4 rings (SSSR count). The molecule has 0 atom stereocenters. The van der Waals surface area contributed by atoms with Gasteiger partial charge in [-0.25, -0.2) is 15.0 Å². The Balaban J connectivity index is 1.40. The monoisotopic (exact) mass is 354 g/mol. The molecule has 0 bridgehead atoms. The largest absolute Gasteiger partial charge is 0.356 e. The second kappa shape index (κ2) is 7.74. The van der Waals surface area contributed by atoms with E-state index in [4.69, 9.17) is 9.97 Å². The molecule has 2 aromatic heterocycles. The highest BCUT2D eigenvalue weighted by atomic mass is 15.2. The van der Waals surface area contributed by atoms with Crippen molar-refractivity contribution in [3.8, 4) is 0 Å². The number of aryl methyl sites for hydroxylation is 3. The van der Waals surface area contributed by atoms with Crippen molar-refractivity contribution in [2.24, 2.45) is 5.92 Å². The third kappa shape index (κ3) is 3.75. The molecule has 26 heavy (non-hydrogen) atoms. The Hall–Kier alpha value is -1.95. The van der Waals surface area contributed by atoms with Crippen molar-refractivity contribution in [1.29, 1.82) is 0 Å². The van der Waals surface area contributed by atoms with Gasteiger partial charge in [0.2, 0.25) is 0 Å². The molecule has 0 radical (unpaired) electrons. The number of nitrogens with one attached hydrogen (secondary N) is 1. The maximum atomic E-state index is 4.85. The molecule has 6 nitrogen and oxygen atoms in total. The first-order valence-corrected chi connectivity index (χ1v) is 10.0. The average molecular weight is 355 g/mol. The van der Waals surface area contributed by atoms with Crippen molar-refractivity contribution in [2.45, 2.75) is 52.5 Å². The van der Waals surface area contributed by atoms with Gasteiger partial charge in [0, 0.05) is 50.6 Å². The van der Waals surface area contributed by atoms with Crippen molar-refractivity contribution in [3.63, 3.8) is 0 Å². The molecular weight excluding hydrogens is 324 g/mol. The van der Waals surface area contributed by atoms with E-state index in [1.54, 1.807) is 0 Å². The van der Waals surface area contributed by atoms with Crippen molar-refractivity contribution in [2.75, 3.05) is 31.1 Å². The van der Waals surface area contributed by atoms with Crippen LogP contribution in [0.15, 0.2) is 12.4 Å². The first-order chi connectivity index (χ1) is 12.7. The van der Waals surface area contributed by atoms with Gasteiger partial charge < -0.3 is 14.8 Å². The van der Waals surface area contributed by atoms with Gasteiger partial charge in [-0.05, 0) is 52.0 Å². The summed E-state index contributed by atoms with van der Waals surface area (Å²) in [6.07, 6.45) is 9.81. The molecule has 0 aliphatic carbocycles. The second-order valence-corrected chi connectivity index (χ2v) is 7.66. The molecule has 2 aliphatic heterocycles. The highest BCUT2D eigenvalue weighted by molar-refractivity contribution is 5.50. The molecule has 140 valence electrons. The fourth-order valence-corrected chi connectivity index (χ4v) is 4.30. The van der Waals surface area contributed by atoms with Crippen LogP contribution < -0.4 is 10.2 Å². The lowest BCUT2D eigenvalue weighted by atomic mass is 9.93. The predicted octanol–water partition coefficient (Wildman–Crippen LogP) is 2.28. The molecule has 1 N–H and O–H groups in total. The number of piperidine rings is 1. The lowest BCUT2D eigenvalue weighted by Crippen LogP contribution is -2.35. The van der Waals surface area contributed by atoms with Crippen LogP contribution in [0.25, 0.3) is 0 Å². The van der Waals surface area contributed by atoms with E-state index in [1.807, 2.05) is 13.1 Å². The molecule has 0 spiro atoms. The maximum absolute atomic E-state index is 4.85. The van der Waals surface area contributed by atoms with Gasteiger partial charge in [-0.1, -0.05) is 0 Å². The maximum Gasteiger partial charge on any atom is 0.135 e. The third-order valence-corrected chi connectivity index (χ3v) is 5.89. The Morgan fingerprint density at radius 1 is 1.12 bits per heavy atom. The highest BCUT2D eigenvalue weighted by Crippen LogP contribution is 2.29. The molecule has 1 saturated heterocycles. The van der Waals surface area contributed by atoms with Gasteiger partial charge in [0.05, 0.1) is 5.69 Å². The van der Waals surface area contributed by atoms with Crippen LogP contribution in [0.1, 0.15) is 42.2 Å². The fraction of sp³-hybridized carbons (Fsp3) is 0.650. The van der Waals surface area contributed by atoms with E-state index in [2.05, 4.69) is 32.9 Å². The molecule has 0 unspecified atom stereocenters. The summed E-state index contributed by atoms with van der Waals surface area (Å²) in [4.78, 5) is 16.4. The van der Waals surface area contributed by atoms with Crippen molar-refractivity contribution >= 4 is 5.82 Å². The number of hydrogen-bond donors (Lipinski definition) is 1. The van der Waals surface area contributed by atoms with Gasteiger partial charge in [0.1, 0.15) is 17.5 Å². The van der Waals surface area contributed by atoms with E-state index < -0.39 is 0 Å². The number of rotatable bonds is 4. The summed E-state index contributed by atoms with van der Waals surface area (Å²) >= 11 is 0. The Morgan fingerprint density at radius 2 is 1.92 bits per heavy atom. The Bertz CT molecular complexity index is 745. The minimum Gasteiger partial charge on any atom is -0.356 e. The first kappa shape index (κ1) is 17.5. The number of anilines is 1. The van der Waals surface area contributed by atoms with E-state index in [1.165, 1.54) is 36.3 Å². The Morgan fingerprint density at radius 3 is 2.69 bits per heavy atom. The summed E-state index contributed by atoms with van der Waals surface area (Å²) in [5, 5.41) is 3.49. The van der Waals surface area contributed by atoms with Crippen molar-refractivity contribution in [1.82, 2.24) is 24.8 Å². The topological polar surface area (TPSA) is 58.9 Å². The Labute approximate surface area is 156 Å². The number of nitrogens with zero attached hydrogens (tertiary/aromatic N) is 5. The Kier molecular flexibility index (Phi) is 5.20. The van der Waals surface area contributed by atoms with Gasteiger partial charge in [-0.3, -0.25) is 0 Å². The highest BCUT2D eigenvalue weighted by Gasteiger charge is 2.24. The van der Waals surface area contributed by atoms with Gasteiger partial charge in [-0.15, -0.1) is 0 Å². The molecule has 2 aliphatic rings. The standard InChI is InChI=1S/C20H30N6/c1-15-23-19-4-9-21-8-3-18(19)20(24-15)26-12-6-17(7-13-26)5-11-25-14-10-22-16(25)2/h10,14,17,21H,3-9,11-13H2,1-2H3. The number of imidazole rings is 1. The van der Waals surface area contributed by atoms with Crippen LogP contribution in [-0.4, -0.2) is 45.7 Å². The van der Waals surface area contributed by atoms with Crippen LogP contribution in [0.2, 0.25) is 0 Å². The zero-order valence-electron chi connectivity index (χ0n) is 16.0. The van der Waals surface area contributed by atoms with Gasteiger partial charge in [0.25, 0.3) is 0 Å². The summed E-state index contributed by atoms with van der Waals surface area (Å²) < 4.78 is 2.27. The first-order valence-electron chi connectivity index (χ1n) is 10.0. The minimum atomic E-state index is 0.802. The summed E-state index contributed by atoms with van der Waals surface area (Å²) in [7, 11) is 0. The zero-order valence-corrected chi connectivity index (χ0v) is 16.0. The van der Waals surface area contributed by atoms with Crippen LogP contribution in [0, 0.1) is 19.8 Å². The number of aromatic nitrogens is 4. The van der Waals surface area contributed by atoms with E-state index in [9.17, 15) is 0 Å². The number of fused-ring (bicyclic) bond motifs is 1. The van der Waals surface area contributed by atoms with Crippen molar-refractivity contribution in [3.05, 3.63) is 35.3 Å². The quantitative estimate of drug-likeness (QED) is 0.913. The minimum absolute atomic E-state index is 0.802. The van der Waals surface area contributed by atoms with Crippen LogP contribution in [0.3, 0.4) is 0 Å². The van der Waals surface area contributed by atoms with E-state index in [-0.39, 0.29) is 0 Å². The van der Waals surface area contributed by atoms with Gasteiger partial charge in [-0.2, -0.15) is 0 Å². The molecule has 1 fully saturated rings. The average Bonchev–Trinajstić information content (AvgIpc) is 2.91. The van der Waals surface area contributed by atoms with Crippen LogP contribution in [-0.2, 0) is 19.4 Å². The zero-order chi connectivity index (χ0) is 17.9. The molecule has 0 amide bonds. The van der Waals surface area contributed by atoms with Crippen LogP contribution >= 0.6 is 0 Å². The van der Waals surface area contributed by atoms with Crippen LogP contribution in [0.5, 0.6) is 0 Å². The number of hydrogen-bond acceptors (Lipinski definition) is 5. The second-order valence-electron chi connectivity index (χ2n) is 7.66. The van der Waals surface area contributed by atoms with Crippen molar-refractivity contribution < 1.29 is 0 Å². The SMILES string of the molecule is Cc1nc2c(c(N3CCC(CCn4ccnc4C)CC3)n1)CCNCC2. The molecule has 2 aromatic rings. The molecule has 4 heterocycles. The normalized spacial score (nSPS) is 18.6. The summed E-state index contributed by atoms with van der Waals surface area (Å²) in [5.41, 5.74) is 2.64. The van der Waals surface area contributed by atoms with E-state index >= 15 is 0 Å².